The third-order valence-electron chi connectivity index (χ3n) is 3.89. The van der Waals surface area contributed by atoms with Gasteiger partial charge in [-0.1, -0.05) is 6.07 Å². The molecule has 1 aliphatic heterocycles. The molecule has 0 aliphatic carbocycles. The Labute approximate surface area is 143 Å². The van der Waals surface area contributed by atoms with Gasteiger partial charge in [0.25, 0.3) is 0 Å². The number of hydrogen-bond donors (Lipinski definition) is 0. The van der Waals surface area contributed by atoms with Gasteiger partial charge in [-0.05, 0) is 42.1 Å². The SMILES string of the molecule is O=C1CCCN1c1ccc(OCc2coc(-c3cccs3)n2)cc1. The van der Waals surface area contributed by atoms with E-state index in [1.165, 1.54) is 0 Å². The first kappa shape index (κ1) is 15.0. The maximum Gasteiger partial charge on any atom is 0.236 e. The van der Waals surface area contributed by atoms with E-state index in [9.17, 15) is 4.79 Å². The fraction of sp³-hybridized carbons (Fsp3) is 0.222. The molecule has 1 aromatic carbocycles. The predicted molar refractivity (Wildman–Crippen MR) is 92.2 cm³/mol. The van der Waals surface area contributed by atoms with Gasteiger partial charge in [-0.25, -0.2) is 4.98 Å². The van der Waals surface area contributed by atoms with Crippen molar-refractivity contribution in [2.75, 3.05) is 11.4 Å². The van der Waals surface area contributed by atoms with Gasteiger partial charge in [-0.2, -0.15) is 0 Å². The number of carbonyl (C=O) groups excluding carboxylic acids is 1. The summed E-state index contributed by atoms with van der Waals surface area (Å²) in [7, 11) is 0. The maximum atomic E-state index is 11.7. The van der Waals surface area contributed by atoms with Crippen molar-refractivity contribution in [1.82, 2.24) is 4.98 Å². The van der Waals surface area contributed by atoms with Crippen molar-refractivity contribution >= 4 is 22.9 Å². The lowest BCUT2D eigenvalue weighted by molar-refractivity contribution is -0.117. The molecule has 1 aliphatic rings. The molecule has 0 N–H and O–H groups in total. The molecule has 0 unspecified atom stereocenters. The van der Waals surface area contributed by atoms with Crippen LogP contribution < -0.4 is 9.64 Å². The molecule has 6 heteroatoms. The molecule has 0 bridgehead atoms. The second-order valence-corrected chi connectivity index (χ2v) is 6.50. The minimum Gasteiger partial charge on any atom is -0.487 e. The summed E-state index contributed by atoms with van der Waals surface area (Å²) >= 11 is 1.59. The van der Waals surface area contributed by atoms with Crippen LogP contribution in [-0.2, 0) is 11.4 Å². The molecule has 0 atom stereocenters. The number of oxazole rings is 1. The van der Waals surface area contributed by atoms with Gasteiger partial charge in [0.2, 0.25) is 11.8 Å². The number of ether oxygens (including phenoxy) is 1. The minimum atomic E-state index is 0.187. The largest absolute Gasteiger partial charge is 0.487 e. The van der Waals surface area contributed by atoms with Crippen LogP contribution in [0.2, 0.25) is 0 Å². The highest BCUT2D eigenvalue weighted by atomic mass is 32.1. The molecule has 1 saturated heterocycles. The number of rotatable bonds is 5. The Bertz CT molecular complexity index is 824. The molecule has 4 rings (SSSR count). The molecule has 0 saturated carbocycles. The van der Waals surface area contributed by atoms with Crippen molar-refractivity contribution in [3.05, 3.63) is 53.7 Å². The average molecular weight is 340 g/mol. The van der Waals surface area contributed by atoms with Gasteiger partial charge < -0.3 is 14.1 Å². The highest BCUT2D eigenvalue weighted by Gasteiger charge is 2.21. The summed E-state index contributed by atoms with van der Waals surface area (Å²) in [5.74, 6) is 1.55. The van der Waals surface area contributed by atoms with Crippen LogP contribution in [0.1, 0.15) is 18.5 Å². The zero-order valence-electron chi connectivity index (χ0n) is 13.0. The molecule has 2 aromatic heterocycles. The highest BCUT2D eigenvalue weighted by molar-refractivity contribution is 7.13. The van der Waals surface area contributed by atoms with Crippen LogP contribution in [0.15, 0.2) is 52.5 Å². The summed E-state index contributed by atoms with van der Waals surface area (Å²) in [6, 6.07) is 11.5. The molecule has 3 heterocycles. The molecule has 1 fully saturated rings. The Morgan fingerprint density at radius 1 is 1.25 bits per heavy atom. The van der Waals surface area contributed by atoms with E-state index in [4.69, 9.17) is 9.15 Å². The lowest BCUT2D eigenvalue weighted by atomic mass is 10.3. The third kappa shape index (κ3) is 3.05. The second kappa shape index (κ2) is 6.49. The van der Waals surface area contributed by atoms with E-state index in [1.807, 2.05) is 46.7 Å². The molecule has 0 spiro atoms. The Morgan fingerprint density at radius 2 is 2.12 bits per heavy atom. The number of anilines is 1. The summed E-state index contributed by atoms with van der Waals surface area (Å²) in [6.45, 7) is 1.14. The van der Waals surface area contributed by atoms with Crippen molar-refractivity contribution in [2.45, 2.75) is 19.4 Å². The standard InChI is InChI=1S/C18H16N2O3S/c21-17-4-1-9-20(17)14-5-7-15(8-6-14)22-11-13-12-23-18(19-13)16-3-2-10-24-16/h2-3,5-8,10,12H,1,4,9,11H2. The van der Waals surface area contributed by atoms with Crippen LogP contribution in [0.25, 0.3) is 10.8 Å². The van der Waals surface area contributed by atoms with E-state index < -0.39 is 0 Å². The molecular weight excluding hydrogens is 324 g/mol. The van der Waals surface area contributed by atoms with Crippen molar-refractivity contribution in [3.63, 3.8) is 0 Å². The molecule has 0 radical (unpaired) electrons. The number of amides is 1. The Morgan fingerprint density at radius 3 is 2.83 bits per heavy atom. The van der Waals surface area contributed by atoms with Crippen molar-refractivity contribution in [3.8, 4) is 16.5 Å². The lowest BCUT2D eigenvalue weighted by Gasteiger charge is -2.15. The van der Waals surface area contributed by atoms with E-state index in [1.54, 1.807) is 17.6 Å². The maximum absolute atomic E-state index is 11.7. The van der Waals surface area contributed by atoms with Crippen LogP contribution in [0.4, 0.5) is 5.69 Å². The third-order valence-corrected chi connectivity index (χ3v) is 4.75. The smallest absolute Gasteiger partial charge is 0.236 e. The van der Waals surface area contributed by atoms with Crippen molar-refractivity contribution in [1.29, 1.82) is 0 Å². The Balaban J connectivity index is 1.38. The quantitative estimate of drug-likeness (QED) is 0.701. The number of benzene rings is 1. The highest BCUT2D eigenvalue weighted by Crippen LogP contribution is 2.26. The average Bonchev–Trinajstić information content (AvgIpc) is 3.35. The molecule has 122 valence electrons. The predicted octanol–water partition coefficient (Wildman–Crippen LogP) is 4.11. The fourth-order valence-corrected chi connectivity index (χ4v) is 3.34. The van der Waals surface area contributed by atoms with Crippen LogP contribution in [0.3, 0.4) is 0 Å². The first-order valence-electron chi connectivity index (χ1n) is 7.81. The van der Waals surface area contributed by atoms with E-state index in [0.717, 1.165) is 35.0 Å². The van der Waals surface area contributed by atoms with Crippen LogP contribution in [-0.4, -0.2) is 17.4 Å². The van der Waals surface area contributed by atoms with E-state index in [-0.39, 0.29) is 5.91 Å². The normalized spacial score (nSPS) is 14.3. The zero-order chi connectivity index (χ0) is 16.4. The van der Waals surface area contributed by atoms with Gasteiger partial charge in [0.15, 0.2) is 0 Å². The van der Waals surface area contributed by atoms with Gasteiger partial charge in [0.1, 0.15) is 24.3 Å². The number of hydrogen-bond acceptors (Lipinski definition) is 5. The van der Waals surface area contributed by atoms with Crippen LogP contribution in [0, 0.1) is 0 Å². The number of carbonyl (C=O) groups is 1. The molecule has 1 amide bonds. The van der Waals surface area contributed by atoms with Crippen LogP contribution >= 0.6 is 11.3 Å². The van der Waals surface area contributed by atoms with Crippen LogP contribution in [0.5, 0.6) is 5.75 Å². The molecule has 5 nitrogen and oxygen atoms in total. The molecular formula is C18H16N2O3S. The lowest BCUT2D eigenvalue weighted by Crippen LogP contribution is -2.23. The molecule has 24 heavy (non-hydrogen) atoms. The zero-order valence-corrected chi connectivity index (χ0v) is 13.8. The van der Waals surface area contributed by atoms with E-state index in [2.05, 4.69) is 4.98 Å². The van der Waals surface area contributed by atoms with Gasteiger partial charge in [-0.3, -0.25) is 4.79 Å². The van der Waals surface area contributed by atoms with E-state index in [0.29, 0.717) is 18.9 Å². The number of nitrogens with zero attached hydrogens (tertiary/aromatic N) is 2. The topological polar surface area (TPSA) is 55.6 Å². The summed E-state index contributed by atoms with van der Waals surface area (Å²) < 4.78 is 11.2. The first-order valence-corrected chi connectivity index (χ1v) is 8.69. The molecule has 3 aromatic rings. The van der Waals surface area contributed by atoms with Gasteiger partial charge in [0, 0.05) is 18.7 Å². The summed E-state index contributed by atoms with van der Waals surface area (Å²) in [4.78, 5) is 19.0. The number of aromatic nitrogens is 1. The summed E-state index contributed by atoms with van der Waals surface area (Å²) in [5.41, 5.74) is 1.67. The summed E-state index contributed by atoms with van der Waals surface area (Å²) in [5, 5.41) is 1.99. The van der Waals surface area contributed by atoms with Crippen molar-refractivity contribution in [2.24, 2.45) is 0 Å². The van der Waals surface area contributed by atoms with E-state index >= 15 is 0 Å². The fourth-order valence-electron chi connectivity index (χ4n) is 2.69. The van der Waals surface area contributed by atoms with Gasteiger partial charge in [-0.15, -0.1) is 11.3 Å². The Hall–Kier alpha value is -2.60. The van der Waals surface area contributed by atoms with Gasteiger partial charge in [0.05, 0.1) is 4.88 Å². The second-order valence-electron chi connectivity index (χ2n) is 5.55. The first-order chi connectivity index (χ1) is 11.8. The minimum absolute atomic E-state index is 0.187. The van der Waals surface area contributed by atoms with Crippen molar-refractivity contribution < 1.29 is 13.9 Å². The number of thiophene rings is 1. The monoisotopic (exact) mass is 340 g/mol. The summed E-state index contributed by atoms with van der Waals surface area (Å²) in [6.07, 6.45) is 3.18. The Kier molecular flexibility index (Phi) is 4.04. The van der Waals surface area contributed by atoms with Gasteiger partial charge >= 0.3 is 0 Å².